The summed E-state index contributed by atoms with van der Waals surface area (Å²) in [6.07, 6.45) is 6.31. The molecule has 0 saturated carbocycles. The molecular weight excluding hydrogens is 829 g/mol. The van der Waals surface area contributed by atoms with Gasteiger partial charge in [0.2, 0.25) is 17.7 Å². The second-order valence-corrected chi connectivity index (χ2v) is 21.4. The Kier molecular flexibility index (Phi) is 16.7. The Morgan fingerprint density at radius 1 is 1.00 bits per heavy atom. The summed E-state index contributed by atoms with van der Waals surface area (Å²) in [6.45, 7) is 20.4. The van der Waals surface area contributed by atoms with Crippen molar-refractivity contribution in [3.63, 3.8) is 0 Å². The number of piperazine rings is 1. The summed E-state index contributed by atoms with van der Waals surface area (Å²) in [5, 5.41) is 20.8. The minimum absolute atomic E-state index is 0.0314. The normalized spacial score (nSPS) is 17.2. The Labute approximate surface area is 361 Å². The Hall–Kier alpha value is -5.48. The zero-order valence-electron chi connectivity index (χ0n) is 36.8. The van der Waals surface area contributed by atoms with E-state index in [1.165, 1.54) is 31.0 Å². The first-order valence-electron chi connectivity index (χ1n) is 19.9. The number of carbonyl (C=O) groups excluding carboxylic acids is 2. The molecule has 2 amide bonds. The van der Waals surface area contributed by atoms with E-state index in [-0.39, 0.29) is 71.0 Å². The number of hydrogen-bond acceptors (Lipinski definition) is 15. The first-order valence-corrected chi connectivity index (χ1v) is 22.8. The molecule has 4 heterocycles. The number of carboxylic acid groups (broad SMARTS) is 1. The average Bonchev–Trinajstić information content (AvgIpc) is 3.21. The van der Waals surface area contributed by atoms with Crippen LogP contribution in [-0.2, 0) is 18.8 Å². The van der Waals surface area contributed by atoms with Crippen LogP contribution in [-0.4, -0.2) is 148 Å². The molecule has 0 aliphatic carbocycles. The van der Waals surface area contributed by atoms with Gasteiger partial charge in [0.15, 0.2) is 37.6 Å². The van der Waals surface area contributed by atoms with Crippen LogP contribution in [0.2, 0.25) is 18.1 Å². The van der Waals surface area contributed by atoms with Crippen LogP contribution in [0.4, 0.5) is 14.6 Å². The molecule has 0 radical (unpaired) electrons. The van der Waals surface area contributed by atoms with E-state index in [1.807, 2.05) is 18.7 Å². The number of ether oxygens (including phenoxy) is 3. The molecule has 3 N–H and O–H groups in total. The Bertz CT molecular complexity index is 2090. The minimum atomic E-state index is -1.76. The van der Waals surface area contributed by atoms with Gasteiger partial charge in [0.05, 0.1) is 62.4 Å². The van der Waals surface area contributed by atoms with Gasteiger partial charge >= 0.3 is 5.97 Å². The van der Waals surface area contributed by atoms with E-state index < -0.39 is 37.5 Å². The third kappa shape index (κ3) is 13.0. The molecule has 2 aliphatic rings. The van der Waals surface area contributed by atoms with Crippen LogP contribution in [0.1, 0.15) is 59.0 Å². The summed E-state index contributed by atoms with van der Waals surface area (Å²) in [5.41, 5.74) is 0.188. The van der Waals surface area contributed by atoms with E-state index in [1.54, 1.807) is 30.7 Å². The van der Waals surface area contributed by atoms with Gasteiger partial charge in [-0.1, -0.05) is 20.8 Å². The number of benzene rings is 1. The average molecular weight is 886 g/mol. The topological polar surface area (TPSA) is 214 Å². The van der Waals surface area contributed by atoms with Gasteiger partial charge in [0.25, 0.3) is 5.91 Å². The number of hydrogen-bond donors (Lipinski definition) is 3. The number of rotatable bonds is 15. The molecule has 1 fully saturated rings. The van der Waals surface area contributed by atoms with Gasteiger partial charge in [0.1, 0.15) is 18.1 Å². The fraction of sp³-hybridized carbons (Fsp3) is 0.512. The number of aliphatic hydroxyl groups excluding tert-OH is 1. The van der Waals surface area contributed by atoms with Crippen LogP contribution in [0.3, 0.4) is 0 Å². The van der Waals surface area contributed by atoms with Crippen LogP contribution >= 0.6 is 0 Å². The highest BCUT2D eigenvalue weighted by molar-refractivity contribution is 6.74. The van der Waals surface area contributed by atoms with Crippen molar-refractivity contribution in [2.45, 2.75) is 84.4 Å². The van der Waals surface area contributed by atoms with Crippen LogP contribution in [0, 0.1) is 11.6 Å². The molecule has 0 bridgehead atoms. The number of aliphatic carboxylic acids is 1. The fourth-order valence-electron chi connectivity index (χ4n) is 5.93. The molecule has 2 aliphatic heterocycles. The van der Waals surface area contributed by atoms with E-state index in [4.69, 9.17) is 28.8 Å². The van der Waals surface area contributed by atoms with E-state index in [2.05, 4.69) is 64.1 Å². The van der Waals surface area contributed by atoms with E-state index in [0.29, 0.717) is 44.6 Å². The molecule has 2 atom stereocenters. The van der Waals surface area contributed by atoms with Gasteiger partial charge in [-0.3, -0.25) is 14.5 Å². The van der Waals surface area contributed by atoms with Crippen LogP contribution in [0.5, 0.6) is 17.5 Å². The molecule has 5 rings (SSSR count). The first kappa shape index (κ1) is 49.2. The van der Waals surface area contributed by atoms with Gasteiger partial charge in [-0.2, -0.15) is 0 Å². The maximum atomic E-state index is 13.8. The molecule has 62 heavy (non-hydrogen) atoms. The minimum Gasteiger partial charge on any atom is -0.476 e. The smallest absolute Gasteiger partial charge is 0.356 e. The lowest BCUT2D eigenvalue weighted by Crippen LogP contribution is -2.63. The summed E-state index contributed by atoms with van der Waals surface area (Å²) in [4.78, 5) is 62.8. The molecule has 0 spiro atoms. The van der Waals surface area contributed by atoms with Crippen LogP contribution in [0.15, 0.2) is 59.4 Å². The number of halogens is 2. The lowest BCUT2D eigenvalue weighted by atomic mass is 9.97. The van der Waals surface area contributed by atoms with Crippen molar-refractivity contribution in [3.8, 4) is 17.5 Å². The highest BCUT2D eigenvalue weighted by atomic mass is 28.4. The summed E-state index contributed by atoms with van der Waals surface area (Å²) >= 11 is 0. The third-order valence-corrected chi connectivity index (χ3v) is 15.2. The Morgan fingerprint density at radius 3 is 2.27 bits per heavy atom. The second-order valence-electron chi connectivity index (χ2n) is 16.6. The molecule has 1 saturated heterocycles. The predicted molar refractivity (Wildman–Crippen MR) is 227 cm³/mol. The van der Waals surface area contributed by atoms with Crippen molar-refractivity contribution >= 4 is 38.1 Å². The monoisotopic (exact) mass is 885 g/mol. The SMILES string of the molecule is CC1=C(C(=O)O)N=CC(OCCO[Si](C)(C)C(C)(C)C)N1C.C[C@@H](C(=O)Nc1cnc(Oc2ccc(F)cc2F)cn1)N1CCN(C(=O)c2cnc(OCCO)cn2)C(C)(C)C1. The number of allylic oxidation sites excluding steroid dienone is 1. The number of nitrogens with one attached hydrogen (secondary N) is 1. The first-order chi connectivity index (χ1) is 29.0. The molecule has 2 aromatic heterocycles. The van der Waals surface area contributed by atoms with Crippen molar-refractivity contribution in [2.24, 2.45) is 4.99 Å². The summed E-state index contributed by atoms with van der Waals surface area (Å²) < 4.78 is 49.1. The van der Waals surface area contributed by atoms with Crippen LogP contribution < -0.4 is 14.8 Å². The molecular formula is C41H57F2N9O9Si. The molecule has 338 valence electrons. The number of aliphatic hydroxyl groups is 1. The summed E-state index contributed by atoms with van der Waals surface area (Å²) in [7, 11) is 0.0321. The third-order valence-electron chi connectivity index (χ3n) is 10.7. The molecule has 3 aromatic rings. The Balaban J connectivity index is 0.000000326. The number of amides is 2. The lowest BCUT2D eigenvalue weighted by Gasteiger charge is -2.48. The molecule has 18 nitrogen and oxygen atoms in total. The number of nitrogens with zero attached hydrogens (tertiary/aromatic N) is 8. The van der Waals surface area contributed by atoms with E-state index in [0.717, 1.165) is 12.1 Å². The van der Waals surface area contributed by atoms with Crippen molar-refractivity contribution in [1.82, 2.24) is 34.6 Å². The maximum Gasteiger partial charge on any atom is 0.356 e. The highest BCUT2D eigenvalue weighted by Gasteiger charge is 2.40. The largest absolute Gasteiger partial charge is 0.476 e. The van der Waals surface area contributed by atoms with Gasteiger partial charge in [0, 0.05) is 38.4 Å². The van der Waals surface area contributed by atoms with Gasteiger partial charge in [-0.25, -0.2) is 38.5 Å². The molecule has 1 unspecified atom stereocenters. The van der Waals surface area contributed by atoms with Gasteiger partial charge in [-0.15, -0.1) is 0 Å². The predicted octanol–water partition coefficient (Wildman–Crippen LogP) is 4.96. The zero-order valence-corrected chi connectivity index (χ0v) is 37.8. The number of aliphatic imine (C=N–C) groups is 1. The summed E-state index contributed by atoms with van der Waals surface area (Å²) in [6, 6.07) is 2.33. The van der Waals surface area contributed by atoms with Crippen molar-refractivity contribution in [2.75, 3.05) is 58.4 Å². The number of carboxylic acids is 1. The van der Waals surface area contributed by atoms with E-state index in [9.17, 15) is 23.2 Å². The lowest BCUT2D eigenvalue weighted by molar-refractivity contribution is -0.133. The number of carbonyl (C=O) groups is 3. The number of anilines is 1. The van der Waals surface area contributed by atoms with Crippen molar-refractivity contribution in [1.29, 1.82) is 0 Å². The Morgan fingerprint density at radius 2 is 1.69 bits per heavy atom. The quantitative estimate of drug-likeness (QED) is 0.136. The molecule has 21 heteroatoms. The van der Waals surface area contributed by atoms with Crippen LogP contribution in [0.25, 0.3) is 0 Å². The maximum absolute atomic E-state index is 13.8. The standard InChI is InChI=1S/C26H29F2N7O5.C15H28N2O4Si/c1-16(24(37)33-21-12-32-23(14-30-21)40-20-5-4-17(27)10-18(20)28)34-6-7-35(26(2,3)15-34)25(38)19-11-31-22(13-29-19)39-9-8-36;1-11-13(14(18)19)16-10-12(17(11)5)20-8-9-21-22(6,7)15(2,3)4/h4-5,10-14,16,36H,6-9,15H2,1-3H3,(H,30,33,37);10,12H,8-9H2,1-7H3,(H,18,19)/t16-;/m0./s1. The summed E-state index contributed by atoms with van der Waals surface area (Å²) in [5.74, 6) is -3.12. The van der Waals surface area contributed by atoms with Crippen molar-refractivity contribution in [3.05, 3.63) is 71.7 Å². The second kappa shape index (κ2) is 21.1. The van der Waals surface area contributed by atoms with Gasteiger partial charge in [-0.05, 0) is 58.0 Å². The zero-order chi connectivity index (χ0) is 46.0. The highest BCUT2D eigenvalue weighted by Crippen LogP contribution is 2.36. The molecule has 1 aromatic carbocycles. The number of aromatic nitrogens is 4. The van der Waals surface area contributed by atoms with Crippen molar-refractivity contribution < 1.29 is 52.0 Å². The van der Waals surface area contributed by atoms with E-state index >= 15 is 0 Å². The van der Waals surface area contributed by atoms with Gasteiger partial charge < -0.3 is 44.0 Å². The fourth-order valence-corrected chi connectivity index (χ4v) is 6.95.